The number of benzene rings is 2. The topological polar surface area (TPSA) is 49.4 Å². The molecule has 3 rings (SSSR count). The van der Waals surface area contributed by atoms with Crippen LogP contribution in [0.4, 0.5) is 0 Å². The fraction of sp³-hybridized carbons (Fsp3) is 0.200. The Labute approximate surface area is 120 Å². The standard InChI is InChI=1S/C15H16N2O2S/c18-20(19)16-15(14-9-5-2-6-10-14)12-17(20)11-13-7-3-1-4-8-13/h1-10,15-16H,11-12H2/i15D. The van der Waals surface area contributed by atoms with Crippen molar-refractivity contribution < 1.29 is 9.79 Å². The first-order valence-corrected chi connectivity index (χ1v) is 7.82. The summed E-state index contributed by atoms with van der Waals surface area (Å²) in [6.45, 7) is 0.359. The van der Waals surface area contributed by atoms with Crippen LogP contribution in [0.2, 0.25) is 0 Å². The number of rotatable bonds is 3. The average Bonchev–Trinajstić information content (AvgIpc) is 2.71. The molecule has 0 radical (unpaired) electrons. The quantitative estimate of drug-likeness (QED) is 0.940. The number of nitrogens with zero attached hydrogens (tertiary/aromatic N) is 1. The molecule has 0 spiro atoms. The molecule has 1 N–H and O–H groups in total. The molecule has 0 bridgehead atoms. The van der Waals surface area contributed by atoms with Gasteiger partial charge < -0.3 is 0 Å². The van der Waals surface area contributed by atoms with Gasteiger partial charge in [-0.1, -0.05) is 60.7 Å². The van der Waals surface area contributed by atoms with Gasteiger partial charge in [0.25, 0.3) is 10.2 Å². The van der Waals surface area contributed by atoms with Gasteiger partial charge in [-0.2, -0.15) is 17.4 Å². The third-order valence-electron chi connectivity index (χ3n) is 3.25. The third kappa shape index (κ3) is 2.75. The lowest BCUT2D eigenvalue weighted by molar-refractivity contribution is 0.425. The Morgan fingerprint density at radius 2 is 1.70 bits per heavy atom. The summed E-state index contributed by atoms with van der Waals surface area (Å²) in [4.78, 5) is 0. The molecule has 4 nitrogen and oxygen atoms in total. The van der Waals surface area contributed by atoms with E-state index in [1.807, 2.05) is 36.4 Å². The Balaban J connectivity index is 1.88. The predicted molar refractivity (Wildman–Crippen MR) is 78.1 cm³/mol. The lowest BCUT2D eigenvalue weighted by atomic mass is 10.1. The van der Waals surface area contributed by atoms with E-state index in [2.05, 4.69) is 4.72 Å². The van der Waals surface area contributed by atoms with Crippen molar-refractivity contribution in [2.75, 3.05) is 6.54 Å². The van der Waals surface area contributed by atoms with Gasteiger partial charge in [0.2, 0.25) is 0 Å². The molecule has 2 aromatic rings. The molecule has 0 saturated carbocycles. The largest absolute Gasteiger partial charge is 0.280 e. The smallest absolute Gasteiger partial charge is 0.195 e. The molecule has 104 valence electrons. The maximum absolute atomic E-state index is 12.2. The van der Waals surface area contributed by atoms with Crippen LogP contribution in [0.5, 0.6) is 0 Å². The maximum Gasteiger partial charge on any atom is 0.280 e. The second-order valence-electron chi connectivity index (χ2n) is 4.71. The van der Waals surface area contributed by atoms with Crippen LogP contribution in [0.3, 0.4) is 0 Å². The Kier molecular flexibility index (Phi) is 3.24. The summed E-state index contributed by atoms with van der Waals surface area (Å²) in [5.41, 5.74) is 1.55. The van der Waals surface area contributed by atoms with Gasteiger partial charge in [0.1, 0.15) is 0 Å². The van der Waals surface area contributed by atoms with E-state index in [0.29, 0.717) is 5.56 Å². The summed E-state index contributed by atoms with van der Waals surface area (Å²) in [5.74, 6) is 0. The van der Waals surface area contributed by atoms with E-state index in [4.69, 9.17) is 1.37 Å². The lowest BCUT2D eigenvalue weighted by Gasteiger charge is -2.13. The van der Waals surface area contributed by atoms with E-state index in [1.165, 1.54) is 4.31 Å². The molecule has 0 amide bonds. The molecule has 2 aromatic carbocycles. The summed E-state index contributed by atoms with van der Waals surface area (Å²) in [5, 5.41) is 0. The number of hydrogen-bond donors (Lipinski definition) is 1. The molecular formula is C15H16N2O2S. The first-order chi connectivity index (χ1) is 10.00. The monoisotopic (exact) mass is 289 g/mol. The van der Waals surface area contributed by atoms with E-state index >= 15 is 0 Å². The van der Waals surface area contributed by atoms with Gasteiger partial charge in [-0.3, -0.25) is 0 Å². The third-order valence-corrected chi connectivity index (χ3v) is 4.69. The summed E-state index contributed by atoms with van der Waals surface area (Å²) < 4.78 is 36.7. The van der Waals surface area contributed by atoms with Gasteiger partial charge in [0, 0.05) is 13.1 Å². The van der Waals surface area contributed by atoms with Crippen molar-refractivity contribution in [2.45, 2.75) is 12.6 Å². The number of hydrogen-bond acceptors (Lipinski definition) is 2. The van der Waals surface area contributed by atoms with E-state index in [9.17, 15) is 8.42 Å². The minimum absolute atomic E-state index is 0.0915. The predicted octanol–water partition coefficient (Wildman–Crippen LogP) is 2.08. The van der Waals surface area contributed by atoms with E-state index in [0.717, 1.165) is 5.56 Å². The van der Waals surface area contributed by atoms with Gasteiger partial charge in [-0.15, -0.1) is 0 Å². The highest BCUT2D eigenvalue weighted by Crippen LogP contribution is 2.24. The molecule has 1 aliphatic heterocycles. The SMILES string of the molecule is [2H]C1(c2ccccc2)CN(Cc2ccccc2)S(=O)(=O)N1. The van der Waals surface area contributed by atoms with Crippen LogP contribution in [0.15, 0.2) is 60.7 Å². The maximum atomic E-state index is 12.2. The van der Waals surface area contributed by atoms with Crippen LogP contribution in [-0.4, -0.2) is 19.3 Å². The fourth-order valence-corrected chi connectivity index (χ4v) is 3.47. The first-order valence-electron chi connectivity index (χ1n) is 6.88. The molecule has 1 saturated heterocycles. The Morgan fingerprint density at radius 3 is 2.35 bits per heavy atom. The van der Waals surface area contributed by atoms with Crippen molar-refractivity contribution in [2.24, 2.45) is 0 Å². The van der Waals surface area contributed by atoms with Gasteiger partial charge in [-0.25, -0.2) is 0 Å². The molecule has 1 heterocycles. The van der Waals surface area contributed by atoms with E-state index < -0.39 is 16.2 Å². The van der Waals surface area contributed by atoms with Crippen molar-refractivity contribution >= 4 is 10.2 Å². The highest BCUT2D eigenvalue weighted by Gasteiger charge is 2.35. The van der Waals surface area contributed by atoms with Crippen molar-refractivity contribution in [1.82, 2.24) is 9.03 Å². The van der Waals surface area contributed by atoms with Gasteiger partial charge in [0.15, 0.2) is 0 Å². The molecule has 20 heavy (non-hydrogen) atoms. The number of nitrogens with one attached hydrogen (secondary N) is 1. The summed E-state index contributed by atoms with van der Waals surface area (Å²) >= 11 is 0. The minimum Gasteiger partial charge on any atom is -0.195 e. The average molecular weight is 289 g/mol. The van der Waals surface area contributed by atoms with Crippen LogP contribution in [0.25, 0.3) is 0 Å². The lowest BCUT2D eigenvalue weighted by Crippen LogP contribution is -2.29. The van der Waals surface area contributed by atoms with Crippen molar-refractivity contribution in [3.05, 3.63) is 71.8 Å². The highest BCUT2D eigenvalue weighted by molar-refractivity contribution is 7.87. The van der Waals surface area contributed by atoms with Gasteiger partial charge >= 0.3 is 0 Å². The normalized spacial score (nSPS) is 26.3. The molecule has 5 heteroatoms. The molecule has 1 fully saturated rings. The molecule has 1 atom stereocenters. The van der Waals surface area contributed by atoms with E-state index in [-0.39, 0.29) is 13.1 Å². The van der Waals surface area contributed by atoms with Crippen LogP contribution in [-0.2, 0) is 16.8 Å². The molecule has 0 aromatic heterocycles. The molecular weight excluding hydrogens is 272 g/mol. The zero-order valence-electron chi connectivity index (χ0n) is 11.9. The second-order valence-corrected chi connectivity index (χ2v) is 6.38. The van der Waals surface area contributed by atoms with E-state index in [1.54, 1.807) is 24.3 Å². The molecule has 0 aliphatic carbocycles. The van der Waals surface area contributed by atoms with Crippen molar-refractivity contribution in [1.29, 1.82) is 0 Å². The van der Waals surface area contributed by atoms with Crippen LogP contribution >= 0.6 is 0 Å². The van der Waals surface area contributed by atoms with Crippen LogP contribution < -0.4 is 4.72 Å². The second kappa shape index (κ2) is 5.36. The Hall–Kier alpha value is -1.69. The van der Waals surface area contributed by atoms with Crippen LogP contribution in [0, 0.1) is 0 Å². The van der Waals surface area contributed by atoms with Crippen molar-refractivity contribution in [3.8, 4) is 0 Å². The molecule has 1 aliphatic rings. The fourth-order valence-electron chi connectivity index (χ4n) is 2.23. The zero-order chi connectivity index (χ0) is 14.9. The Bertz CT molecular complexity index is 722. The van der Waals surface area contributed by atoms with Crippen LogP contribution in [0.1, 0.15) is 18.5 Å². The minimum atomic E-state index is -3.65. The highest BCUT2D eigenvalue weighted by atomic mass is 32.2. The summed E-state index contributed by atoms with van der Waals surface area (Å²) in [6.07, 6.45) is 0. The molecule has 1 unspecified atom stereocenters. The Morgan fingerprint density at radius 1 is 1.10 bits per heavy atom. The van der Waals surface area contributed by atoms with Gasteiger partial charge in [-0.05, 0) is 11.1 Å². The van der Waals surface area contributed by atoms with Gasteiger partial charge in [0.05, 0.1) is 7.39 Å². The first kappa shape index (κ1) is 12.1. The summed E-state index contributed by atoms with van der Waals surface area (Å²) in [6, 6.07) is 17.0. The zero-order valence-corrected chi connectivity index (χ0v) is 11.7. The van der Waals surface area contributed by atoms with Crippen molar-refractivity contribution in [3.63, 3.8) is 0 Å². The summed E-state index contributed by atoms with van der Waals surface area (Å²) in [7, 11) is -3.65.